The fraction of sp³-hybridized carbons (Fsp3) is 0.200. The van der Waals surface area contributed by atoms with Crippen LogP contribution in [0.2, 0.25) is 0 Å². The van der Waals surface area contributed by atoms with E-state index in [1.54, 1.807) is 0 Å². The van der Waals surface area contributed by atoms with Crippen molar-refractivity contribution in [2.24, 2.45) is 0 Å². The quantitative estimate of drug-likeness (QED) is 0.454. The average molecular weight is 112 g/mol. The highest BCUT2D eigenvalue weighted by atomic mass is 16.5. The van der Waals surface area contributed by atoms with E-state index in [4.69, 9.17) is 5.11 Å². The molecule has 1 aliphatic heterocycles. The third kappa shape index (κ3) is 0.591. The minimum Gasteiger partial charge on any atom is -0.504 e. The van der Waals surface area contributed by atoms with E-state index in [1.807, 2.05) is 0 Å². The van der Waals surface area contributed by atoms with Crippen LogP contribution in [0.4, 0.5) is 0 Å². The Balaban J connectivity index is 2.89. The highest BCUT2D eigenvalue weighted by molar-refractivity contribution is 5.56. The van der Waals surface area contributed by atoms with Crippen molar-refractivity contribution < 1.29 is 14.6 Å². The van der Waals surface area contributed by atoms with Gasteiger partial charge < -0.3 is 9.84 Å². The Morgan fingerprint density at radius 1 is 1.88 bits per heavy atom. The molecule has 1 N–H and O–H groups in total. The fourth-order valence-corrected chi connectivity index (χ4v) is 0.452. The van der Waals surface area contributed by atoms with Crippen LogP contribution in [-0.2, 0) is 9.53 Å². The Labute approximate surface area is 45.9 Å². The second-order valence-corrected chi connectivity index (χ2v) is 1.33. The first-order valence-corrected chi connectivity index (χ1v) is 2.12. The highest BCUT2D eigenvalue weighted by Crippen LogP contribution is 2.10. The monoisotopic (exact) mass is 112 g/mol. The molecule has 1 heterocycles. The normalized spacial score (nSPS) is 17.0. The summed E-state index contributed by atoms with van der Waals surface area (Å²) in [5, 5.41) is 8.63. The summed E-state index contributed by atoms with van der Waals surface area (Å²) in [7, 11) is 0. The van der Waals surface area contributed by atoms with Crippen LogP contribution < -0.4 is 0 Å². The number of aliphatic hydroxyl groups is 1. The van der Waals surface area contributed by atoms with Crippen molar-refractivity contribution in [3.8, 4) is 0 Å². The number of aliphatic hydroxyl groups excluding tert-OH is 1. The second kappa shape index (κ2) is 1.72. The van der Waals surface area contributed by atoms with Crippen molar-refractivity contribution >= 4 is 5.94 Å². The maximum absolute atomic E-state index is 9.73. The SMILES string of the molecule is O=C=C1OCC=C1O. The third-order valence-electron chi connectivity index (χ3n) is 0.830. The molecule has 0 saturated heterocycles. The van der Waals surface area contributed by atoms with E-state index >= 15 is 0 Å². The number of carbonyl (C=O) groups excluding carboxylic acids is 1. The van der Waals surface area contributed by atoms with Gasteiger partial charge >= 0.3 is 0 Å². The number of hydrogen-bond acceptors (Lipinski definition) is 3. The van der Waals surface area contributed by atoms with Gasteiger partial charge in [0.05, 0.1) is 0 Å². The number of rotatable bonds is 0. The van der Waals surface area contributed by atoms with Gasteiger partial charge in [0.25, 0.3) is 0 Å². The molecule has 0 radical (unpaired) electrons. The predicted molar refractivity (Wildman–Crippen MR) is 25.9 cm³/mol. The van der Waals surface area contributed by atoms with Crippen molar-refractivity contribution in [2.45, 2.75) is 0 Å². The molecule has 0 saturated carbocycles. The summed E-state index contributed by atoms with van der Waals surface area (Å²) in [6.07, 6.45) is 1.40. The smallest absolute Gasteiger partial charge is 0.246 e. The van der Waals surface area contributed by atoms with Crippen molar-refractivity contribution in [3.05, 3.63) is 17.6 Å². The summed E-state index contributed by atoms with van der Waals surface area (Å²) in [5.41, 5.74) is 0. The van der Waals surface area contributed by atoms with E-state index in [1.165, 1.54) is 12.0 Å². The topological polar surface area (TPSA) is 46.5 Å². The molecule has 42 valence electrons. The minimum atomic E-state index is -0.111. The first-order chi connectivity index (χ1) is 3.84. The van der Waals surface area contributed by atoms with Crippen LogP contribution in [0.1, 0.15) is 0 Å². The fourth-order valence-electron chi connectivity index (χ4n) is 0.452. The van der Waals surface area contributed by atoms with E-state index in [-0.39, 0.29) is 18.1 Å². The summed E-state index contributed by atoms with van der Waals surface area (Å²) in [5.74, 6) is 1.24. The van der Waals surface area contributed by atoms with Crippen LogP contribution in [0.15, 0.2) is 17.6 Å². The van der Waals surface area contributed by atoms with Gasteiger partial charge in [-0.25, -0.2) is 4.79 Å². The molecule has 0 amide bonds. The zero-order valence-corrected chi connectivity index (χ0v) is 4.05. The first-order valence-electron chi connectivity index (χ1n) is 2.12. The molecule has 0 unspecified atom stereocenters. The lowest BCUT2D eigenvalue weighted by molar-refractivity contribution is 0.258. The maximum Gasteiger partial charge on any atom is 0.246 e. The van der Waals surface area contributed by atoms with Crippen LogP contribution in [0.3, 0.4) is 0 Å². The van der Waals surface area contributed by atoms with Crippen molar-refractivity contribution in [1.82, 2.24) is 0 Å². The Kier molecular flexibility index (Phi) is 1.06. The maximum atomic E-state index is 9.73. The van der Waals surface area contributed by atoms with E-state index in [2.05, 4.69) is 4.74 Å². The van der Waals surface area contributed by atoms with Gasteiger partial charge in [-0.1, -0.05) is 0 Å². The Bertz CT molecular complexity index is 174. The Morgan fingerprint density at radius 3 is 2.88 bits per heavy atom. The summed E-state index contributed by atoms with van der Waals surface area (Å²) in [4.78, 5) is 9.73. The molecule has 1 aliphatic rings. The van der Waals surface area contributed by atoms with Gasteiger partial charge in [0.15, 0.2) is 11.7 Å². The third-order valence-corrected chi connectivity index (χ3v) is 0.830. The molecule has 0 spiro atoms. The lowest BCUT2D eigenvalue weighted by Gasteiger charge is -1.89. The molecule has 3 heteroatoms. The van der Waals surface area contributed by atoms with Gasteiger partial charge in [-0.2, -0.15) is 0 Å². The molecule has 0 aromatic rings. The zero-order valence-electron chi connectivity index (χ0n) is 4.05. The highest BCUT2D eigenvalue weighted by Gasteiger charge is 2.10. The van der Waals surface area contributed by atoms with Crippen LogP contribution in [0, 0.1) is 0 Å². The molecule has 8 heavy (non-hydrogen) atoms. The summed E-state index contributed by atoms with van der Waals surface area (Å²) < 4.78 is 4.56. The minimum absolute atomic E-state index is 0.0926. The van der Waals surface area contributed by atoms with Crippen LogP contribution in [0.25, 0.3) is 0 Å². The molecule has 3 nitrogen and oxygen atoms in total. The molecule has 0 aliphatic carbocycles. The van der Waals surface area contributed by atoms with E-state index in [0.717, 1.165) is 0 Å². The molecule has 1 rings (SSSR count). The second-order valence-electron chi connectivity index (χ2n) is 1.33. The van der Waals surface area contributed by atoms with Gasteiger partial charge in [0.1, 0.15) is 6.61 Å². The van der Waals surface area contributed by atoms with E-state index in [0.29, 0.717) is 0 Å². The predicted octanol–water partition coefficient (Wildman–Crippen LogP) is 0.174. The Morgan fingerprint density at radius 2 is 2.62 bits per heavy atom. The number of hydrogen-bond donors (Lipinski definition) is 1. The molecule has 0 aromatic heterocycles. The standard InChI is InChI=1S/C5H4O3/c6-3-5-4(7)1-2-8-5/h1,7H,2H2. The number of ether oxygens (including phenoxy) is 1. The van der Waals surface area contributed by atoms with Gasteiger partial charge in [-0.05, 0) is 6.08 Å². The molecule has 0 atom stereocenters. The van der Waals surface area contributed by atoms with Crippen LogP contribution >= 0.6 is 0 Å². The van der Waals surface area contributed by atoms with E-state index < -0.39 is 0 Å². The van der Waals surface area contributed by atoms with Crippen molar-refractivity contribution in [1.29, 1.82) is 0 Å². The first kappa shape index (κ1) is 4.94. The summed E-state index contributed by atoms with van der Waals surface area (Å²) >= 11 is 0. The summed E-state index contributed by atoms with van der Waals surface area (Å²) in [6.45, 7) is 0.274. The molecule has 0 fully saturated rings. The lowest BCUT2D eigenvalue weighted by atomic mass is 10.4. The van der Waals surface area contributed by atoms with Gasteiger partial charge in [0, 0.05) is 0 Å². The average Bonchev–Trinajstić information content (AvgIpc) is 2.14. The molecular weight excluding hydrogens is 108 g/mol. The van der Waals surface area contributed by atoms with Crippen LogP contribution in [-0.4, -0.2) is 17.7 Å². The molecule has 0 aromatic carbocycles. The van der Waals surface area contributed by atoms with Crippen molar-refractivity contribution in [2.75, 3.05) is 6.61 Å². The van der Waals surface area contributed by atoms with Gasteiger partial charge in [0.2, 0.25) is 5.76 Å². The van der Waals surface area contributed by atoms with Gasteiger partial charge in [-0.15, -0.1) is 0 Å². The zero-order chi connectivity index (χ0) is 5.98. The molecular formula is C5H4O3. The lowest BCUT2D eigenvalue weighted by Crippen LogP contribution is -1.84. The van der Waals surface area contributed by atoms with Crippen LogP contribution in [0.5, 0.6) is 0 Å². The molecule has 0 bridgehead atoms. The van der Waals surface area contributed by atoms with E-state index in [9.17, 15) is 4.79 Å². The van der Waals surface area contributed by atoms with Crippen molar-refractivity contribution in [3.63, 3.8) is 0 Å². The summed E-state index contributed by atoms with van der Waals surface area (Å²) in [6, 6.07) is 0. The van der Waals surface area contributed by atoms with Gasteiger partial charge in [-0.3, -0.25) is 0 Å². The Hall–Kier alpha value is -1.21. The largest absolute Gasteiger partial charge is 0.504 e.